The molecule has 1 saturated heterocycles. The zero-order valence-electron chi connectivity index (χ0n) is 15.3. The van der Waals surface area contributed by atoms with Crippen molar-refractivity contribution in [2.75, 3.05) is 24.6 Å². The van der Waals surface area contributed by atoms with Crippen LogP contribution in [0.4, 0.5) is 5.69 Å². The number of para-hydroxylation sites is 1. The fourth-order valence-corrected chi connectivity index (χ4v) is 4.37. The predicted octanol–water partition coefficient (Wildman–Crippen LogP) is 4.80. The molecule has 0 N–H and O–H groups in total. The molecule has 3 aromatic rings. The normalized spacial score (nSPS) is 16.5. The molecule has 5 heteroatoms. The van der Waals surface area contributed by atoms with Crippen LogP contribution in [0.2, 0.25) is 0 Å². The van der Waals surface area contributed by atoms with Gasteiger partial charge < -0.3 is 9.64 Å². The Kier molecular flexibility index (Phi) is 5.21. The molecule has 0 radical (unpaired) electrons. The van der Waals surface area contributed by atoms with E-state index >= 15 is 0 Å². The predicted molar refractivity (Wildman–Crippen MR) is 109 cm³/mol. The zero-order valence-corrected chi connectivity index (χ0v) is 16.1. The highest BCUT2D eigenvalue weighted by molar-refractivity contribution is 7.15. The van der Waals surface area contributed by atoms with Gasteiger partial charge in [0.15, 0.2) is 5.69 Å². The Morgan fingerprint density at radius 3 is 2.59 bits per heavy atom. The van der Waals surface area contributed by atoms with Crippen molar-refractivity contribution in [1.29, 1.82) is 0 Å². The summed E-state index contributed by atoms with van der Waals surface area (Å²) < 4.78 is 5.65. The summed E-state index contributed by atoms with van der Waals surface area (Å²) in [4.78, 5) is 20.3. The van der Waals surface area contributed by atoms with Crippen molar-refractivity contribution in [3.8, 4) is 10.4 Å². The number of aromatic nitrogens is 1. The zero-order chi connectivity index (χ0) is 18.6. The topological polar surface area (TPSA) is 42.4 Å². The number of carbonyl (C=O) groups excluding carboxylic acids is 1. The minimum atomic E-state index is -0.323. The van der Waals surface area contributed by atoms with E-state index in [4.69, 9.17) is 4.74 Å². The maximum absolute atomic E-state index is 12.7. The summed E-state index contributed by atoms with van der Waals surface area (Å²) in [5.74, 6) is 0.0328. The van der Waals surface area contributed by atoms with Crippen molar-refractivity contribution in [1.82, 2.24) is 4.98 Å². The first kappa shape index (κ1) is 17.7. The van der Waals surface area contributed by atoms with Crippen LogP contribution in [0.1, 0.15) is 21.9 Å². The van der Waals surface area contributed by atoms with Gasteiger partial charge in [-0.1, -0.05) is 48.5 Å². The highest BCUT2D eigenvalue weighted by Gasteiger charge is 2.26. The van der Waals surface area contributed by atoms with E-state index < -0.39 is 0 Å². The number of hydrogen-bond donors (Lipinski definition) is 0. The molecule has 0 aliphatic carbocycles. The van der Waals surface area contributed by atoms with Crippen LogP contribution in [0.3, 0.4) is 0 Å². The second-order valence-corrected chi connectivity index (χ2v) is 8.01. The molecule has 0 saturated carbocycles. The molecule has 0 bridgehead atoms. The standard InChI is InChI=1S/C22H22N2O2S/c1-16-23-20(21(27-16)18-8-4-2-5-9-18)22(25)26-15-17-12-13-24(14-17)19-10-6-3-7-11-19/h2-11,17H,12-15H2,1H3. The van der Waals surface area contributed by atoms with Gasteiger partial charge in [-0.3, -0.25) is 0 Å². The van der Waals surface area contributed by atoms with E-state index in [1.165, 1.54) is 17.0 Å². The first-order valence-corrected chi connectivity index (χ1v) is 10.0. The largest absolute Gasteiger partial charge is 0.461 e. The molecule has 1 aromatic heterocycles. The maximum Gasteiger partial charge on any atom is 0.358 e. The summed E-state index contributed by atoms with van der Waals surface area (Å²) in [5.41, 5.74) is 2.67. The minimum Gasteiger partial charge on any atom is -0.461 e. The second kappa shape index (κ2) is 7.92. The average Bonchev–Trinajstić information content (AvgIpc) is 3.34. The lowest BCUT2D eigenvalue weighted by molar-refractivity contribution is 0.0446. The van der Waals surface area contributed by atoms with E-state index in [0.29, 0.717) is 18.2 Å². The molecule has 27 heavy (non-hydrogen) atoms. The van der Waals surface area contributed by atoms with Gasteiger partial charge in [0.2, 0.25) is 0 Å². The van der Waals surface area contributed by atoms with Crippen LogP contribution in [0.15, 0.2) is 60.7 Å². The molecule has 1 atom stereocenters. The summed E-state index contributed by atoms with van der Waals surface area (Å²) in [6.45, 7) is 4.27. The number of hydrogen-bond acceptors (Lipinski definition) is 5. The van der Waals surface area contributed by atoms with Crippen LogP contribution in [0.25, 0.3) is 10.4 Å². The van der Waals surface area contributed by atoms with Crippen LogP contribution in [0, 0.1) is 12.8 Å². The monoisotopic (exact) mass is 378 g/mol. The number of carbonyl (C=O) groups is 1. The number of thiazole rings is 1. The van der Waals surface area contributed by atoms with E-state index in [-0.39, 0.29) is 5.97 Å². The van der Waals surface area contributed by atoms with Crippen molar-refractivity contribution >= 4 is 23.0 Å². The Bertz CT molecular complexity index is 909. The van der Waals surface area contributed by atoms with Crippen molar-refractivity contribution in [2.24, 2.45) is 5.92 Å². The third kappa shape index (κ3) is 4.03. The van der Waals surface area contributed by atoms with E-state index in [1.807, 2.05) is 43.3 Å². The SMILES string of the molecule is Cc1nc(C(=O)OCC2CCN(c3ccccc3)C2)c(-c2ccccc2)s1. The third-order valence-corrected chi connectivity index (χ3v) is 5.84. The fraction of sp³-hybridized carbons (Fsp3) is 0.273. The Labute approximate surface area is 163 Å². The smallest absolute Gasteiger partial charge is 0.358 e. The number of aryl methyl sites for hydroxylation is 1. The number of benzene rings is 2. The van der Waals surface area contributed by atoms with E-state index in [9.17, 15) is 4.79 Å². The van der Waals surface area contributed by atoms with Gasteiger partial charge in [0.05, 0.1) is 16.5 Å². The van der Waals surface area contributed by atoms with Crippen molar-refractivity contribution in [3.63, 3.8) is 0 Å². The van der Waals surface area contributed by atoms with Gasteiger partial charge in [0, 0.05) is 24.7 Å². The molecule has 0 spiro atoms. The summed E-state index contributed by atoms with van der Waals surface area (Å²) in [6, 6.07) is 20.3. The molecule has 0 amide bonds. The van der Waals surface area contributed by atoms with E-state index in [2.05, 4.69) is 34.1 Å². The summed E-state index contributed by atoms with van der Waals surface area (Å²) >= 11 is 1.53. The summed E-state index contributed by atoms with van der Waals surface area (Å²) in [7, 11) is 0. The van der Waals surface area contributed by atoms with Crippen molar-refractivity contribution in [2.45, 2.75) is 13.3 Å². The Morgan fingerprint density at radius 1 is 1.15 bits per heavy atom. The second-order valence-electron chi connectivity index (χ2n) is 6.81. The lowest BCUT2D eigenvalue weighted by atomic mass is 10.1. The number of ether oxygens (including phenoxy) is 1. The molecule has 1 aliphatic rings. The van der Waals surface area contributed by atoms with E-state index in [0.717, 1.165) is 35.0 Å². The van der Waals surface area contributed by atoms with Gasteiger partial charge in [-0.05, 0) is 31.0 Å². The van der Waals surface area contributed by atoms with Gasteiger partial charge in [-0.15, -0.1) is 11.3 Å². The Hall–Kier alpha value is -2.66. The first-order chi connectivity index (χ1) is 13.2. The molecule has 2 heterocycles. The Balaban J connectivity index is 1.40. The molecule has 1 fully saturated rings. The van der Waals surface area contributed by atoms with Crippen LogP contribution >= 0.6 is 11.3 Å². The molecule has 2 aromatic carbocycles. The molecule has 4 nitrogen and oxygen atoms in total. The Morgan fingerprint density at radius 2 is 1.85 bits per heavy atom. The van der Waals surface area contributed by atoms with Gasteiger partial charge in [-0.25, -0.2) is 9.78 Å². The number of nitrogens with zero attached hydrogens (tertiary/aromatic N) is 2. The minimum absolute atomic E-state index is 0.323. The van der Waals surface area contributed by atoms with Gasteiger partial charge >= 0.3 is 5.97 Å². The summed E-state index contributed by atoms with van der Waals surface area (Å²) in [5, 5.41) is 0.872. The molecule has 4 rings (SSSR count). The molecular weight excluding hydrogens is 356 g/mol. The van der Waals surface area contributed by atoms with Crippen LogP contribution in [-0.2, 0) is 4.74 Å². The maximum atomic E-state index is 12.7. The molecule has 138 valence electrons. The fourth-order valence-electron chi connectivity index (χ4n) is 3.45. The first-order valence-electron chi connectivity index (χ1n) is 9.20. The van der Waals surface area contributed by atoms with Gasteiger partial charge in [0.25, 0.3) is 0 Å². The van der Waals surface area contributed by atoms with Gasteiger partial charge in [0.1, 0.15) is 0 Å². The quantitative estimate of drug-likeness (QED) is 0.598. The molecular formula is C22H22N2O2S. The molecule has 1 unspecified atom stereocenters. The van der Waals surface area contributed by atoms with Crippen molar-refractivity contribution < 1.29 is 9.53 Å². The number of esters is 1. The van der Waals surface area contributed by atoms with Crippen molar-refractivity contribution in [3.05, 3.63) is 71.4 Å². The average molecular weight is 378 g/mol. The third-order valence-electron chi connectivity index (χ3n) is 4.82. The van der Waals surface area contributed by atoms with Crippen LogP contribution in [0.5, 0.6) is 0 Å². The molecule has 1 aliphatic heterocycles. The lowest BCUT2D eigenvalue weighted by Crippen LogP contribution is -2.22. The van der Waals surface area contributed by atoms with E-state index in [1.54, 1.807) is 0 Å². The highest BCUT2D eigenvalue weighted by atomic mass is 32.1. The number of rotatable bonds is 5. The number of anilines is 1. The van der Waals surface area contributed by atoms with Crippen LogP contribution in [-0.4, -0.2) is 30.6 Å². The van der Waals surface area contributed by atoms with Crippen LogP contribution < -0.4 is 4.90 Å². The summed E-state index contributed by atoms with van der Waals surface area (Å²) in [6.07, 6.45) is 1.03. The van der Waals surface area contributed by atoms with Gasteiger partial charge in [-0.2, -0.15) is 0 Å². The lowest BCUT2D eigenvalue weighted by Gasteiger charge is -2.18. The highest BCUT2D eigenvalue weighted by Crippen LogP contribution is 2.31.